The van der Waals surface area contributed by atoms with Gasteiger partial charge in [0, 0.05) is 24.4 Å². The number of amides is 2. The summed E-state index contributed by atoms with van der Waals surface area (Å²) < 4.78 is 16.4. The number of benzene rings is 2. The number of hydrogen-bond acceptors (Lipinski definition) is 5. The first-order valence-corrected chi connectivity index (χ1v) is 9.79. The summed E-state index contributed by atoms with van der Waals surface area (Å²) in [6, 6.07) is 10.7. The van der Waals surface area contributed by atoms with Crippen LogP contribution in [0.15, 0.2) is 36.4 Å². The molecule has 152 valence electrons. The lowest BCUT2D eigenvalue weighted by atomic mass is 10.1. The summed E-state index contributed by atoms with van der Waals surface area (Å²) in [5.41, 5.74) is 1.54. The molecule has 0 radical (unpaired) electrons. The number of nitrogens with zero attached hydrogens (tertiary/aromatic N) is 1. The van der Waals surface area contributed by atoms with E-state index in [9.17, 15) is 9.59 Å². The SMILES string of the molecule is C[C@H]1CN(C(=O)CCC(=O)NCc2ccc3c(c2)OCO3)c2cc(Cl)ccc2O1. The van der Waals surface area contributed by atoms with E-state index < -0.39 is 0 Å². The largest absolute Gasteiger partial charge is 0.487 e. The van der Waals surface area contributed by atoms with Crippen molar-refractivity contribution in [2.75, 3.05) is 18.2 Å². The monoisotopic (exact) mass is 416 g/mol. The minimum absolute atomic E-state index is 0.102. The summed E-state index contributed by atoms with van der Waals surface area (Å²) >= 11 is 6.07. The molecule has 2 aliphatic rings. The summed E-state index contributed by atoms with van der Waals surface area (Å²) in [4.78, 5) is 26.6. The molecule has 0 spiro atoms. The van der Waals surface area contributed by atoms with Gasteiger partial charge in [0.05, 0.1) is 12.2 Å². The summed E-state index contributed by atoms with van der Waals surface area (Å²) in [5.74, 6) is 1.66. The third kappa shape index (κ3) is 4.40. The van der Waals surface area contributed by atoms with Crippen LogP contribution in [0.3, 0.4) is 0 Å². The molecule has 7 nitrogen and oxygen atoms in total. The zero-order chi connectivity index (χ0) is 20.4. The maximum atomic E-state index is 12.7. The average Bonchev–Trinajstić information content (AvgIpc) is 3.18. The van der Waals surface area contributed by atoms with Crippen LogP contribution >= 0.6 is 11.6 Å². The molecule has 0 saturated heterocycles. The smallest absolute Gasteiger partial charge is 0.231 e. The average molecular weight is 417 g/mol. The molecule has 0 aromatic heterocycles. The molecule has 0 fully saturated rings. The lowest BCUT2D eigenvalue weighted by Crippen LogP contribution is -2.42. The van der Waals surface area contributed by atoms with E-state index in [0.717, 1.165) is 5.56 Å². The van der Waals surface area contributed by atoms with E-state index in [1.807, 2.05) is 25.1 Å². The van der Waals surface area contributed by atoms with Crippen molar-refractivity contribution >= 4 is 29.1 Å². The summed E-state index contributed by atoms with van der Waals surface area (Å²) in [7, 11) is 0. The molecule has 29 heavy (non-hydrogen) atoms. The van der Waals surface area contributed by atoms with Crippen molar-refractivity contribution in [2.45, 2.75) is 32.4 Å². The molecule has 1 atom stereocenters. The van der Waals surface area contributed by atoms with Crippen LogP contribution in [-0.4, -0.2) is 31.3 Å². The van der Waals surface area contributed by atoms with Gasteiger partial charge >= 0.3 is 0 Å². The summed E-state index contributed by atoms with van der Waals surface area (Å²) in [6.45, 7) is 2.89. The Hall–Kier alpha value is -2.93. The molecule has 2 heterocycles. The van der Waals surface area contributed by atoms with E-state index in [2.05, 4.69) is 5.32 Å². The highest BCUT2D eigenvalue weighted by Crippen LogP contribution is 2.36. The molecule has 2 aromatic carbocycles. The molecule has 8 heteroatoms. The van der Waals surface area contributed by atoms with E-state index in [1.165, 1.54) is 0 Å². The Balaban J connectivity index is 1.31. The number of carbonyl (C=O) groups is 2. The number of fused-ring (bicyclic) bond motifs is 2. The Kier molecular flexibility index (Phi) is 5.49. The van der Waals surface area contributed by atoms with Crippen LogP contribution in [-0.2, 0) is 16.1 Å². The van der Waals surface area contributed by atoms with Crippen LogP contribution in [0, 0.1) is 0 Å². The first-order valence-electron chi connectivity index (χ1n) is 9.41. The molecular formula is C21H21ClN2O5. The fraction of sp³-hybridized carbons (Fsp3) is 0.333. The maximum absolute atomic E-state index is 12.7. The topological polar surface area (TPSA) is 77.1 Å². The van der Waals surface area contributed by atoms with E-state index >= 15 is 0 Å². The number of rotatable bonds is 5. The van der Waals surface area contributed by atoms with Crippen LogP contribution in [0.4, 0.5) is 5.69 Å². The van der Waals surface area contributed by atoms with Gasteiger partial charge in [-0.15, -0.1) is 0 Å². The van der Waals surface area contributed by atoms with Crippen molar-refractivity contribution in [3.8, 4) is 17.2 Å². The minimum Gasteiger partial charge on any atom is -0.487 e. The van der Waals surface area contributed by atoms with Crippen molar-refractivity contribution in [1.82, 2.24) is 5.32 Å². The van der Waals surface area contributed by atoms with E-state index in [1.54, 1.807) is 23.1 Å². The standard InChI is InChI=1S/C21H21ClN2O5/c1-13-11-24(16-9-15(22)3-5-17(16)29-13)21(26)7-6-20(25)23-10-14-2-4-18-19(8-14)28-12-27-18/h2-5,8-9,13H,6-7,10-12H2,1H3,(H,23,25)/t13-/m0/s1. The van der Waals surface area contributed by atoms with Gasteiger partial charge in [0.2, 0.25) is 18.6 Å². The van der Waals surface area contributed by atoms with Crippen molar-refractivity contribution in [3.05, 3.63) is 47.0 Å². The second kappa shape index (κ2) is 8.21. The molecule has 2 amide bonds. The Morgan fingerprint density at radius 3 is 2.76 bits per heavy atom. The van der Waals surface area contributed by atoms with Crippen LogP contribution in [0.1, 0.15) is 25.3 Å². The minimum atomic E-state index is -0.191. The van der Waals surface area contributed by atoms with Gasteiger partial charge in [-0.05, 0) is 42.8 Å². The number of anilines is 1. The third-order valence-electron chi connectivity index (χ3n) is 4.77. The molecule has 2 aliphatic heterocycles. The predicted octanol–water partition coefficient (Wildman–Crippen LogP) is 3.28. The molecular weight excluding hydrogens is 396 g/mol. The molecule has 0 aliphatic carbocycles. The number of carbonyl (C=O) groups excluding carboxylic acids is 2. The predicted molar refractivity (Wildman–Crippen MR) is 108 cm³/mol. The van der Waals surface area contributed by atoms with Gasteiger partial charge in [0.15, 0.2) is 11.5 Å². The quantitative estimate of drug-likeness (QED) is 0.809. The molecule has 0 unspecified atom stereocenters. The third-order valence-corrected chi connectivity index (χ3v) is 5.01. The Labute approximate surface area is 173 Å². The van der Waals surface area contributed by atoms with E-state index in [0.29, 0.717) is 41.0 Å². The van der Waals surface area contributed by atoms with Crippen molar-refractivity contribution in [1.29, 1.82) is 0 Å². The van der Waals surface area contributed by atoms with Gasteiger partial charge < -0.3 is 24.4 Å². The molecule has 1 N–H and O–H groups in total. The lowest BCUT2D eigenvalue weighted by Gasteiger charge is -2.33. The van der Waals surface area contributed by atoms with E-state index in [4.69, 9.17) is 25.8 Å². The maximum Gasteiger partial charge on any atom is 0.231 e. The van der Waals surface area contributed by atoms with E-state index in [-0.39, 0.29) is 37.6 Å². The second-order valence-electron chi connectivity index (χ2n) is 7.01. The Bertz CT molecular complexity index is 949. The van der Waals surface area contributed by atoms with Gasteiger partial charge in [-0.2, -0.15) is 0 Å². The fourth-order valence-corrected chi connectivity index (χ4v) is 3.51. The first-order chi connectivity index (χ1) is 14.0. The van der Waals surface area contributed by atoms with Gasteiger partial charge in [-0.25, -0.2) is 0 Å². The summed E-state index contributed by atoms with van der Waals surface area (Å²) in [6.07, 6.45) is 0.0730. The van der Waals surface area contributed by atoms with Crippen molar-refractivity contribution in [3.63, 3.8) is 0 Å². The Morgan fingerprint density at radius 2 is 1.90 bits per heavy atom. The molecule has 0 saturated carbocycles. The highest BCUT2D eigenvalue weighted by atomic mass is 35.5. The first kappa shape index (κ1) is 19.4. The number of ether oxygens (including phenoxy) is 3. The number of nitrogens with one attached hydrogen (secondary N) is 1. The Morgan fingerprint density at radius 1 is 1.10 bits per heavy atom. The highest BCUT2D eigenvalue weighted by molar-refractivity contribution is 6.31. The molecule has 4 rings (SSSR count). The van der Waals surface area contributed by atoms with Gasteiger partial charge in [-0.3, -0.25) is 9.59 Å². The van der Waals surface area contributed by atoms with Crippen LogP contribution in [0.5, 0.6) is 17.2 Å². The van der Waals surface area contributed by atoms with Crippen molar-refractivity contribution in [2.24, 2.45) is 0 Å². The normalized spacial score (nSPS) is 16.8. The van der Waals surface area contributed by atoms with Gasteiger partial charge in [-0.1, -0.05) is 17.7 Å². The molecule has 0 bridgehead atoms. The molecule has 2 aromatic rings. The van der Waals surface area contributed by atoms with Crippen LogP contribution < -0.4 is 24.4 Å². The zero-order valence-electron chi connectivity index (χ0n) is 15.9. The van der Waals surface area contributed by atoms with Gasteiger partial charge in [0.1, 0.15) is 11.9 Å². The van der Waals surface area contributed by atoms with Crippen LogP contribution in [0.25, 0.3) is 0 Å². The zero-order valence-corrected chi connectivity index (χ0v) is 16.7. The van der Waals surface area contributed by atoms with Crippen LogP contribution in [0.2, 0.25) is 5.02 Å². The lowest BCUT2D eigenvalue weighted by molar-refractivity contribution is -0.125. The highest BCUT2D eigenvalue weighted by Gasteiger charge is 2.28. The number of halogens is 1. The fourth-order valence-electron chi connectivity index (χ4n) is 3.34. The second-order valence-corrected chi connectivity index (χ2v) is 7.45. The van der Waals surface area contributed by atoms with Gasteiger partial charge in [0.25, 0.3) is 0 Å². The number of hydrogen-bond donors (Lipinski definition) is 1. The van der Waals surface area contributed by atoms with Crippen molar-refractivity contribution < 1.29 is 23.8 Å². The summed E-state index contributed by atoms with van der Waals surface area (Å²) in [5, 5.41) is 3.36.